The van der Waals surface area contributed by atoms with Crippen LogP contribution in [0.3, 0.4) is 0 Å². The summed E-state index contributed by atoms with van der Waals surface area (Å²) in [6.07, 6.45) is 0. The fourth-order valence-corrected chi connectivity index (χ4v) is 3.10. The molecule has 29 heavy (non-hydrogen) atoms. The molecule has 1 N–H and O–H groups in total. The lowest BCUT2D eigenvalue weighted by Crippen LogP contribution is -2.31. The maximum absolute atomic E-state index is 12.3. The van der Waals surface area contributed by atoms with Crippen molar-refractivity contribution in [2.24, 2.45) is 0 Å². The van der Waals surface area contributed by atoms with Gasteiger partial charge >= 0.3 is 0 Å². The highest BCUT2D eigenvalue weighted by atomic mass is 16.5. The van der Waals surface area contributed by atoms with Crippen molar-refractivity contribution in [2.75, 3.05) is 6.61 Å². The van der Waals surface area contributed by atoms with Crippen LogP contribution < -0.4 is 10.1 Å². The second-order valence-electron chi connectivity index (χ2n) is 7.57. The zero-order valence-corrected chi connectivity index (χ0v) is 17.5. The standard InChI is InChI=1S/C23H27N3O3/c1-14(2)22-25-23(29-26-22)18-7-9-19(10-8-18)28-13-21(27)24-17(5)20-11-6-15(3)12-16(20)4/h6-12,14,17H,13H2,1-5H3,(H,24,27)/t17-/m1/s1. The summed E-state index contributed by atoms with van der Waals surface area (Å²) in [6.45, 7) is 10.1. The summed E-state index contributed by atoms with van der Waals surface area (Å²) >= 11 is 0. The van der Waals surface area contributed by atoms with Crippen molar-refractivity contribution in [1.82, 2.24) is 15.5 Å². The monoisotopic (exact) mass is 393 g/mol. The molecule has 152 valence electrons. The van der Waals surface area contributed by atoms with E-state index in [4.69, 9.17) is 9.26 Å². The minimum absolute atomic E-state index is 0.0490. The van der Waals surface area contributed by atoms with Crippen molar-refractivity contribution in [1.29, 1.82) is 0 Å². The second kappa shape index (κ2) is 8.90. The van der Waals surface area contributed by atoms with Gasteiger partial charge in [-0.3, -0.25) is 4.79 Å². The van der Waals surface area contributed by atoms with Crippen molar-refractivity contribution in [2.45, 2.75) is 46.6 Å². The van der Waals surface area contributed by atoms with Gasteiger partial charge in [0.2, 0.25) is 0 Å². The molecule has 0 saturated carbocycles. The molecule has 6 heteroatoms. The van der Waals surface area contributed by atoms with E-state index in [0.29, 0.717) is 17.5 Å². The predicted octanol–water partition coefficient (Wildman–Crippen LogP) is 4.73. The molecule has 0 aliphatic rings. The van der Waals surface area contributed by atoms with Gasteiger partial charge in [0.05, 0.1) is 6.04 Å². The Morgan fingerprint density at radius 2 is 1.83 bits per heavy atom. The number of carbonyl (C=O) groups is 1. The third-order valence-electron chi connectivity index (χ3n) is 4.70. The van der Waals surface area contributed by atoms with E-state index in [1.807, 2.05) is 32.9 Å². The molecule has 1 heterocycles. The predicted molar refractivity (Wildman–Crippen MR) is 112 cm³/mol. The lowest BCUT2D eigenvalue weighted by molar-refractivity contribution is -0.123. The highest BCUT2D eigenvalue weighted by Crippen LogP contribution is 2.23. The number of hydrogen-bond donors (Lipinski definition) is 1. The third kappa shape index (κ3) is 5.22. The molecule has 0 saturated heterocycles. The summed E-state index contributed by atoms with van der Waals surface area (Å²) in [5.74, 6) is 1.79. The van der Waals surface area contributed by atoms with Crippen molar-refractivity contribution < 1.29 is 14.1 Å². The van der Waals surface area contributed by atoms with Crippen LogP contribution in [0.15, 0.2) is 47.0 Å². The summed E-state index contributed by atoms with van der Waals surface area (Å²) in [6, 6.07) is 13.4. The van der Waals surface area contributed by atoms with Crippen LogP contribution in [0.4, 0.5) is 0 Å². The summed E-state index contributed by atoms with van der Waals surface area (Å²) in [5.41, 5.74) is 4.28. The number of ether oxygens (including phenoxy) is 1. The van der Waals surface area contributed by atoms with E-state index < -0.39 is 0 Å². The van der Waals surface area contributed by atoms with E-state index >= 15 is 0 Å². The number of aryl methyl sites for hydroxylation is 2. The van der Waals surface area contributed by atoms with E-state index in [-0.39, 0.29) is 24.5 Å². The summed E-state index contributed by atoms with van der Waals surface area (Å²) in [5, 5.41) is 6.95. The van der Waals surface area contributed by atoms with E-state index in [2.05, 4.69) is 47.5 Å². The van der Waals surface area contributed by atoms with Gasteiger partial charge in [-0.2, -0.15) is 4.98 Å². The smallest absolute Gasteiger partial charge is 0.258 e. The fourth-order valence-electron chi connectivity index (χ4n) is 3.10. The minimum Gasteiger partial charge on any atom is -0.484 e. The first-order valence-electron chi connectivity index (χ1n) is 9.77. The largest absolute Gasteiger partial charge is 0.484 e. The van der Waals surface area contributed by atoms with Gasteiger partial charge in [-0.25, -0.2) is 0 Å². The minimum atomic E-state index is -0.167. The number of nitrogens with one attached hydrogen (secondary N) is 1. The Kier molecular flexibility index (Phi) is 6.32. The van der Waals surface area contributed by atoms with E-state index in [1.165, 1.54) is 5.56 Å². The number of benzene rings is 2. The molecule has 0 radical (unpaired) electrons. The number of aromatic nitrogens is 2. The average molecular weight is 393 g/mol. The van der Waals surface area contributed by atoms with Crippen LogP contribution in [0.25, 0.3) is 11.5 Å². The fraction of sp³-hybridized carbons (Fsp3) is 0.348. The molecule has 0 fully saturated rings. The topological polar surface area (TPSA) is 77.2 Å². The van der Waals surface area contributed by atoms with Crippen molar-refractivity contribution in [3.05, 3.63) is 65.0 Å². The molecule has 1 amide bonds. The Labute approximate surface area is 171 Å². The van der Waals surface area contributed by atoms with Crippen LogP contribution in [0, 0.1) is 13.8 Å². The van der Waals surface area contributed by atoms with Crippen LogP contribution in [0.2, 0.25) is 0 Å². The van der Waals surface area contributed by atoms with E-state index in [0.717, 1.165) is 16.7 Å². The molecular weight excluding hydrogens is 366 g/mol. The maximum atomic E-state index is 12.3. The zero-order valence-electron chi connectivity index (χ0n) is 17.5. The third-order valence-corrected chi connectivity index (χ3v) is 4.70. The van der Waals surface area contributed by atoms with Crippen molar-refractivity contribution >= 4 is 5.91 Å². The van der Waals surface area contributed by atoms with Crippen LogP contribution >= 0.6 is 0 Å². The highest BCUT2D eigenvalue weighted by molar-refractivity contribution is 5.78. The molecule has 0 bridgehead atoms. The molecule has 1 aromatic heterocycles. The number of hydrogen-bond acceptors (Lipinski definition) is 5. The Bertz CT molecular complexity index is 977. The SMILES string of the molecule is Cc1ccc([C@@H](C)NC(=O)COc2ccc(-c3nc(C(C)C)no3)cc2)c(C)c1. The van der Waals surface area contributed by atoms with Gasteiger partial charge < -0.3 is 14.6 Å². The quantitative estimate of drug-likeness (QED) is 0.628. The Morgan fingerprint density at radius 3 is 2.45 bits per heavy atom. The maximum Gasteiger partial charge on any atom is 0.258 e. The van der Waals surface area contributed by atoms with E-state index in [9.17, 15) is 4.79 Å². The molecule has 6 nitrogen and oxygen atoms in total. The first-order chi connectivity index (χ1) is 13.8. The number of amides is 1. The zero-order chi connectivity index (χ0) is 21.0. The van der Waals surface area contributed by atoms with E-state index in [1.54, 1.807) is 12.1 Å². The van der Waals surface area contributed by atoms with Gasteiger partial charge in [0.1, 0.15) is 5.75 Å². The van der Waals surface area contributed by atoms with Gasteiger partial charge in [0, 0.05) is 11.5 Å². The first-order valence-corrected chi connectivity index (χ1v) is 9.77. The molecule has 3 aromatic rings. The summed E-state index contributed by atoms with van der Waals surface area (Å²) in [4.78, 5) is 16.6. The van der Waals surface area contributed by atoms with Gasteiger partial charge in [0.15, 0.2) is 12.4 Å². The van der Waals surface area contributed by atoms with Gasteiger partial charge in [-0.15, -0.1) is 0 Å². The molecule has 1 atom stereocenters. The van der Waals surface area contributed by atoms with Gasteiger partial charge in [0.25, 0.3) is 11.8 Å². The summed E-state index contributed by atoms with van der Waals surface area (Å²) < 4.78 is 10.9. The highest BCUT2D eigenvalue weighted by Gasteiger charge is 2.13. The molecule has 0 unspecified atom stereocenters. The number of nitrogens with zero attached hydrogens (tertiary/aromatic N) is 2. The number of rotatable bonds is 7. The second-order valence-corrected chi connectivity index (χ2v) is 7.57. The Hall–Kier alpha value is -3.15. The van der Waals surface area contributed by atoms with Crippen LogP contribution in [-0.4, -0.2) is 22.7 Å². The van der Waals surface area contributed by atoms with Gasteiger partial charge in [-0.05, 0) is 56.2 Å². The normalized spacial score (nSPS) is 12.1. The molecule has 0 spiro atoms. The molecule has 0 aliphatic heterocycles. The molecule has 2 aromatic carbocycles. The van der Waals surface area contributed by atoms with Crippen molar-refractivity contribution in [3.63, 3.8) is 0 Å². The lowest BCUT2D eigenvalue weighted by Gasteiger charge is -2.17. The Morgan fingerprint density at radius 1 is 1.10 bits per heavy atom. The lowest BCUT2D eigenvalue weighted by atomic mass is 10.0. The summed E-state index contributed by atoms with van der Waals surface area (Å²) in [7, 11) is 0. The number of carbonyl (C=O) groups excluding carboxylic acids is 1. The Balaban J connectivity index is 1.54. The first kappa shape index (κ1) is 20.6. The van der Waals surface area contributed by atoms with Crippen molar-refractivity contribution in [3.8, 4) is 17.2 Å². The van der Waals surface area contributed by atoms with Crippen LogP contribution in [-0.2, 0) is 4.79 Å². The van der Waals surface area contributed by atoms with Gasteiger partial charge in [-0.1, -0.05) is 42.8 Å². The average Bonchev–Trinajstić information content (AvgIpc) is 3.17. The van der Waals surface area contributed by atoms with Crippen LogP contribution in [0.1, 0.15) is 55.2 Å². The molecular formula is C23H27N3O3. The molecule has 3 rings (SSSR count). The van der Waals surface area contributed by atoms with Crippen LogP contribution in [0.5, 0.6) is 5.75 Å². The molecule has 0 aliphatic carbocycles.